The Balaban J connectivity index is 1.59. The van der Waals surface area contributed by atoms with E-state index in [9.17, 15) is 9.59 Å². The average molecular weight is 376 g/mol. The Morgan fingerprint density at radius 1 is 1.23 bits per heavy atom. The lowest BCUT2D eigenvalue weighted by atomic mass is 10.1. The van der Waals surface area contributed by atoms with Crippen molar-refractivity contribution < 1.29 is 24.2 Å². The first-order chi connectivity index (χ1) is 12.5. The molecular formula is C19H18ClNO5. The van der Waals surface area contributed by atoms with Gasteiger partial charge in [-0.15, -0.1) is 0 Å². The molecule has 1 unspecified atom stereocenters. The van der Waals surface area contributed by atoms with Gasteiger partial charge in [0.15, 0.2) is 0 Å². The molecule has 1 heterocycles. The van der Waals surface area contributed by atoms with Crippen LogP contribution in [0.15, 0.2) is 42.5 Å². The Morgan fingerprint density at radius 2 is 2.00 bits per heavy atom. The zero-order valence-corrected chi connectivity index (χ0v) is 14.7. The molecule has 26 heavy (non-hydrogen) atoms. The molecule has 1 saturated heterocycles. The highest BCUT2D eigenvalue weighted by Gasteiger charge is 2.16. The quantitative estimate of drug-likeness (QED) is 0.801. The van der Waals surface area contributed by atoms with Gasteiger partial charge in [-0.3, -0.25) is 4.79 Å². The molecule has 0 bridgehead atoms. The molecule has 2 N–H and O–H groups in total. The summed E-state index contributed by atoms with van der Waals surface area (Å²) in [6, 6.07) is 11.0. The summed E-state index contributed by atoms with van der Waals surface area (Å²) in [5, 5.41) is 11.7. The van der Waals surface area contributed by atoms with Crippen LogP contribution in [0.1, 0.15) is 33.6 Å². The second kappa shape index (κ2) is 8.21. The lowest BCUT2D eigenvalue weighted by Gasteiger charge is -2.12. The lowest BCUT2D eigenvalue weighted by Crippen LogP contribution is -2.16. The monoisotopic (exact) mass is 375 g/mol. The number of nitrogens with one attached hydrogen (secondary N) is 1. The number of amides is 1. The van der Waals surface area contributed by atoms with Crippen LogP contribution in [0.2, 0.25) is 5.02 Å². The summed E-state index contributed by atoms with van der Waals surface area (Å²) in [6.45, 7) is 1.28. The number of benzene rings is 2. The van der Waals surface area contributed by atoms with Crippen molar-refractivity contribution >= 4 is 29.2 Å². The molecule has 136 valence electrons. The number of carbonyl (C=O) groups is 2. The number of hydrogen-bond donors (Lipinski definition) is 2. The van der Waals surface area contributed by atoms with Crippen LogP contribution < -0.4 is 10.1 Å². The summed E-state index contributed by atoms with van der Waals surface area (Å²) >= 11 is 5.90. The van der Waals surface area contributed by atoms with Crippen LogP contribution in [-0.2, 0) is 4.74 Å². The van der Waals surface area contributed by atoms with E-state index in [0.717, 1.165) is 19.4 Å². The molecule has 1 atom stereocenters. The maximum Gasteiger partial charge on any atom is 0.337 e. The first-order valence-corrected chi connectivity index (χ1v) is 8.59. The first kappa shape index (κ1) is 18.2. The van der Waals surface area contributed by atoms with Gasteiger partial charge in [0.2, 0.25) is 0 Å². The number of anilines is 1. The van der Waals surface area contributed by atoms with Crippen LogP contribution >= 0.6 is 11.6 Å². The Morgan fingerprint density at radius 3 is 2.62 bits per heavy atom. The van der Waals surface area contributed by atoms with Crippen LogP contribution in [0.5, 0.6) is 5.75 Å². The highest BCUT2D eigenvalue weighted by molar-refractivity contribution is 6.33. The van der Waals surface area contributed by atoms with Crippen LogP contribution in [0.25, 0.3) is 0 Å². The maximum absolute atomic E-state index is 12.3. The third-order valence-electron chi connectivity index (χ3n) is 4.03. The van der Waals surface area contributed by atoms with Gasteiger partial charge in [-0.1, -0.05) is 11.6 Å². The van der Waals surface area contributed by atoms with Gasteiger partial charge in [-0.25, -0.2) is 4.79 Å². The van der Waals surface area contributed by atoms with Gasteiger partial charge in [0.25, 0.3) is 5.91 Å². The summed E-state index contributed by atoms with van der Waals surface area (Å²) in [5.41, 5.74) is 0.856. The standard InChI is InChI=1S/C19H18ClNO5/c20-17-10-13(5-8-16(17)19(23)24)21-18(22)12-3-6-14(7-4-12)26-11-15-2-1-9-25-15/h3-8,10,15H,1-2,9,11H2,(H,21,22)(H,23,24). The summed E-state index contributed by atoms with van der Waals surface area (Å²) < 4.78 is 11.2. The normalized spacial score (nSPS) is 16.3. The van der Waals surface area contributed by atoms with E-state index in [1.807, 2.05) is 0 Å². The number of aromatic carboxylic acids is 1. The zero-order valence-electron chi connectivity index (χ0n) is 13.9. The molecule has 1 fully saturated rings. The van der Waals surface area contributed by atoms with Crippen molar-refractivity contribution in [2.24, 2.45) is 0 Å². The summed E-state index contributed by atoms with van der Waals surface area (Å²) in [6.07, 6.45) is 2.20. The minimum absolute atomic E-state index is 0.0163. The van der Waals surface area contributed by atoms with Gasteiger partial charge in [0.1, 0.15) is 12.4 Å². The predicted molar refractivity (Wildman–Crippen MR) is 97.3 cm³/mol. The van der Waals surface area contributed by atoms with Crippen LogP contribution in [0.3, 0.4) is 0 Å². The number of rotatable bonds is 6. The van der Waals surface area contributed by atoms with E-state index >= 15 is 0 Å². The van der Waals surface area contributed by atoms with Crippen molar-refractivity contribution in [1.82, 2.24) is 0 Å². The highest BCUT2D eigenvalue weighted by Crippen LogP contribution is 2.22. The van der Waals surface area contributed by atoms with Gasteiger partial charge in [0, 0.05) is 17.9 Å². The van der Waals surface area contributed by atoms with Crippen molar-refractivity contribution in [2.45, 2.75) is 18.9 Å². The first-order valence-electron chi connectivity index (χ1n) is 8.21. The molecule has 3 rings (SSSR count). The van der Waals surface area contributed by atoms with Crippen LogP contribution in [-0.4, -0.2) is 36.3 Å². The Hall–Kier alpha value is -2.57. The molecule has 0 aliphatic carbocycles. The smallest absolute Gasteiger partial charge is 0.337 e. The number of carboxylic acid groups (broad SMARTS) is 1. The topological polar surface area (TPSA) is 84.9 Å². The van der Waals surface area contributed by atoms with Gasteiger partial charge < -0.3 is 19.9 Å². The molecular weight excluding hydrogens is 358 g/mol. The van der Waals surface area contributed by atoms with Crippen LogP contribution in [0.4, 0.5) is 5.69 Å². The molecule has 0 saturated carbocycles. The number of carboxylic acids is 1. The fourth-order valence-electron chi connectivity index (χ4n) is 2.64. The third kappa shape index (κ3) is 4.53. The van der Waals surface area contributed by atoms with Crippen molar-refractivity contribution in [2.75, 3.05) is 18.5 Å². The fraction of sp³-hybridized carbons (Fsp3) is 0.263. The molecule has 6 nitrogen and oxygen atoms in total. The van der Waals surface area contributed by atoms with Crippen molar-refractivity contribution in [3.05, 3.63) is 58.6 Å². The summed E-state index contributed by atoms with van der Waals surface area (Å²) in [7, 11) is 0. The van der Waals surface area contributed by atoms with Gasteiger partial charge in [-0.2, -0.15) is 0 Å². The second-order valence-corrected chi connectivity index (χ2v) is 6.33. The average Bonchev–Trinajstić information content (AvgIpc) is 3.13. The van der Waals surface area contributed by atoms with Crippen molar-refractivity contribution in [3.8, 4) is 5.75 Å². The van der Waals surface area contributed by atoms with E-state index in [-0.39, 0.29) is 22.6 Å². The lowest BCUT2D eigenvalue weighted by molar-refractivity contribution is 0.0679. The van der Waals surface area contributed by atoms with E-state index in [0.29, 0.717) is 23.6 Å². The summed E-state index contributed by atoms with van der Waals surface area (Å²) in [4.78, 5) is 23.2. The molecule has 1 aliphatic rings. The summed E-state index contributed by atoms with van der Waals surface area (Å²) in [5.74, 6) is -0.771. The Bertz CT molecular complexity index is 800. The molecule has 2 aromatic rings. The van der Waals surface area contributed by atoms with E-state index in [2.05, 4.69) is 5.32 Å². The van der Waals surface area contributed by atoms with E-state index in [1.165, 1.54) is 18.2 Å². The molecule has 0 aromatic heterocycles. The van der Waals surface area contributed by atoms with Gasteiger partial charge >= 0.3 is 5.97 Å². The minimum Gasteiger partial charge on any atom is -0.491 e. The van der Waals surface area contributed by atoms with E-state index in [1.54, 1.807) is 24.3 Å². The maximum atomic E-state index is 12.3. The SMILES string of the molecule is O=C(Nc1ccc(C(=O)O)c(Cl)c1)c1ccc(OCC2CCCO2)cc1. The molecule has 0 spiro atoms. The van der Waals surface area contributed by atoms with Crippen molar-refractivity contribution in [1.29, 1.82) is 0 Å². The van der Waals surface area contributed by atoms with Crippen molar-refractivity contribution in [3.63, 3.8) is 0 Å². The highest BCUT2D eigenvalue weighted by atomic mass is 35.5. The van der Waals surface area contributed by atoms with Gasteiger partial charge in [0.05, 0.1) is 16.7 Å². The molecule has 2 aromatic carbocycles. The Labute approximate surface area is 155 Å². The number of hydrogen-bond acceptors (Lipinski definition) is 4. The predicted octanol–water partition coefficient (Wildman–Crippen LogP) is 3.85. The van der Waals surface area contributed by atoms with Gasteiger partial charge in [-0.05, 0) is 55.3 Å². The largest absolute Gasteiger partial charge is 0.491 e. The van der Waals surface area contributed by atoms with E-state index < -0.39 is 5.97 Å². The molecule has 1 amide bonds. The molecule has 7 heteroatoms. The van der Waals surface area contributed by atoms with E-state index in [4.69, 9.17) is 26.2 Å². The molecule has 0 radical (unpaired) electrons. The minimum atomic E-state index is -1.12. The van der Waals surface area contributed by atoms with Crippen LogP contribution in [0, 0.1) is 0 Å². The number of ether oxygens (including phenoxy) is 2. The Kier molecular flexibility index (Phi) is 5.75. The third-order valence-corrected chi connectivity index (χ3v) is 4.35. The second-order valence-electron chi connectivity index (χ2n) is 5.92. The zero-order chi connectivity index (χ0) is 18.5. The molecule has 1 aliphatic heterocycles. The fourth-order valence-corrected chi connectivity index (χ4v) is 2.90. The number of halogens is 1. The number of carbonyl (C=O) groups excluding carboxylic acids is 1.